The molecule has 6 rings (SSSR count). The number of anilines is 1. The van der Waals surface area contributed by atoms with Gasteiger partial charge in [0.1, 0.15) is 29.8 Å². The fourth-order valence-corrected chi connectivity index (χ4v) is 6.66. The Hall–Kier alpha value is -5.54. The Bertz CT molecular complexity index is 1870. The predicted octanol–water partition coefficient (Wildman–Crippen LogP) is 3.18. The van der Waals surface area contributed by atoms with Crippen LogP contribution in [0.3, 0.4) is 0 Å². The van der Waals surface area contributed by atoms with Crippen LogP contribution in [-0.2, 0) is 9.59 Å². The monoisotopic (exact) mass is 642 g/mol. The molecule has 0 unspecified atom stereocenters. The average molecular weight is 643 g/mol. The molecule has 5 heterocycles. The van der Waals surface area contributed by atoms with Gasteiger partial charge in [0.05, 0.1) is 28.9 Å². The predicted molar refractivity (Wildman–Crippen MR) is 185 cm³/mol. The molecule has 1 aromatic carbocycles. The van der Waals surface area contributed by atoms with Gasteiger partial charge < -0.3 is 10.6 Å². The number of carbonyl (C=O) groups excluding carboxylic acids is 2. The lowest BCUT2D eigenvalue weighted by molar-refractivity contribution is -0.132. The number of nitrogens with zero attached hydrogens (tertiary/aromatic N) is 8. The second kappa shape index (κ2) is 13.7. The lowest BCUT2D eigenvalue weighted by Gasteiger charge is -2.29. The number of rotatable bonds is 8. The first-order chi connectivity index (χ1) is 23.2. The number of aliphatic imine (C=N–C) groups is 2. The highest BCUT2D eigenvalue weighted by molar-refractivity contribution is 6.10. The second-order valence-electron chi connectivity index (χ2n) is 12.5. The molecule has 3 aliphatic heterocycles. The van der Waals surface area contributed by atoms with E-state index in [9.17, 15) is 9.59 Å². The first kappa shape index (κ1) is 32.4. The van der Waals surface area contributed by atoms with E-state index in [-0.39, 0.29) is 24.1 Å². The van der Waals surface area contributed by atoms with Crippen molar-refractivity contribution in [3.8, 4) is 6.07 Å². The molecule has 3 aromatic rings. The van der Waals surface area contributed by atoms with Crippen LogP contribution < -0.4 is 10.6 Å². The number of nitrogens with two attached hydrogens (primary N) is 1. The highest BCUT2D eigenvalue weighted by Crippen LogP contribution is 2.42. The third-order valence-electron chi connectivity index (χ3n) is 9.47. The molecular formula is C36H38N10O2. The molecule has 0 radical (unpaired) electrons. The molecule has 0 aliphatic carbocycles. The maximum absolute atomic E-state index is 13.9. The van der Waals surface area contributed by atoms with Gasteiger partial charge in [-0.1, -0.05) is 36.4 Å². The zero-order chi connectivity index (χ0) is 33.8. The molecule has 2 amide bonds. The lowest BCUT2D eigenvalue weighted by Crippen LogP contribution is -2.43. The van der Waals surface area contributed by atoms with E-state index in [4.69, 9.17) is 21.4 Å². The van der Waals surface area contributed by atoms with Crippen LogP contribution in [0.5, 0.6) is 0 Å². The van der Waals surface area contributed by atoms with Crippen LogP contribution in [0.15, 0.2) is 70.8 Å². The molecule has 2 fully saturated rings. The summed E-state index contributed by atoms with van der Waals surface area (Å²) in [4.78, 5) is 49.8. The highest BCUT2D eigenvalue weighted by Gasteiger charge is 2.51. The van der Waals surface area contributed by atoms with Gasteiger partial charge in [0, 0.05) is 45.0 Å². The molecule has 1 spiro atoms. The summed E-state index contributed by atoms with van der Waals surface area (Å²) in [6, 6.07) is 16.9. The molecule has 3 aliphatic rings. The molecule has 12 heteroatoms. The van der Waals surface area contributed by atoms with Crippen molar-refractivity contribution in [2.45, 2.75) is 26.2 Å². The number of amidine groups is 1. The number of nitrogens with one attached hydrogen (secondary N) is 1. The fraction of sp³-hybridized carbons (Fsp3) is 0.333. The Morgan fingerprint density at radius 3 is 2.60 bits per heavy atom. The third kappa shape index (κ3) is 6.50. The van der Waals surface area contributed by atoms with E-state index in [2.05, 4.69) is 25.9 Å². The van der Waals surface area contributed by atoms with E-state index in [1.807, 2.05) is 54.3 Å². The van der Waals surface area contributed by atoms with Crippen LogP contribution in [0.2, 0.25) is 0 Å². The molecule has 2 saturated heterocycles. The first-order valence-corrected chi connectivity index (χ1v) is 16.0. The largest absolute Gasteiger partial charge is 0.383 e. The Morgan fingerprint density at radius 1 is 1.12 bits per heavy atom. The van der Waals surface area contributed by atoms with E-state index in [0.717, 1.165) is 23.1 Å². The van der Waals surface area contributed by atoms with Gasteiger partial charge in [0.15, 0.2) is 0 Å². The second-order valence-corrected chi connectivity index (χ2v) is 12.5. The van der Waals surface area contributed by atoms with Crippen molar-refractivity contribution >= 4 is 41.1 Å². The zero-order valence-electron chi connectivity index (χ0n) is 27.2. The minimum Gasteiger partial charge on any atom is -0.383 e. The van der Waals surface area contributed by atoms with E-state index < -0.39 is 5.41 Å². The molecule has 0 bridgehead atoms. The average Bonchev–Trinajstić information content (AvgIpc) is 3.68. The first-order valence-electron chi connectivity index (χ1n) is 16.0. The Labute approximate surface area is 279 Å². The lowest BCUT2D eigenvalue weighted by atomic mass is 9.85. The summed E-state index contributed by atoms with van der Waals surface area (Å²) < 4.78 is 0. The molecule has 3 N–H and O–H groups in total. The van der Waals surface area contributed by atoms with Crippen LogP contribution in [0.25, 0.3) is 5.57 Å². The molecule has 0 saturated carbocycles. The minimum atomic E-state index is -0.548. The standard InChI is InChI=1S/C36H38N10O2/c1-24-3-10-30(43-33(24)32(38)29-9-4-25(19-37)20-41-29)46-18-14-36(35(46)48)13-17-44(22-36)21-31(47)45-15-11-27(12-16-45)26-5-7-28(8-6-26)34(39)42-23-40-2/h3-11,20,23,38H,12-18,21-22H2,1-2H3,(H2,39,40,42)/t36-/m0/s1. The maximum atomic E-state index is 13.9. The van der Waals surface area contributed by atoms with E-state index >= 15 is 0 Å². The van der Waals surface area contributed by atoms with Gasteiger partial charge in [-0.2, -0.15) is 5.26 Å². The summed E-state index contributed by atoms with van der Waals surface area (Å²) in [6.07, 6.45) is 7.12. The summed E-state index contributed by atoms with van der Waals surface area (Å²) in [5.74, 6) is 1.01. The number of aryl methyl sites for hydroxylation is 1. The van der Waals surface area contributed by atoms with Crippen molar-refractivity contribution in [3.63, 3.8) is 0 Å². The minimum absolute atomic E-state index is 0.0193. The zero-order valence-corrected chi connectivity index (χ0v) is 27.2. The Kier molecular flexibility index (Phi) is 9.23. The van der Waals surface area contributed by atoms with Crippen LogP contribution in [0, 0.1) is 29.1 Å². The number of nitriles is 1. The topological polar surface area (TPSA) is 168 Å². The number of hydrogen-bond donors (Lipinski definition) is 2. The molecule has 244 valence electrons. The maximum Gasteiger partial charge on any atom is 0.237 e. The van der Waals surface area contributed by atoms with Gasteiger partial charge in [0.25, 0.3) is 0 Å². The highest BCUT2D eigenvalue weighted by atomic mass is 16.2. The summed E-state index contributed by atoms with van der Waals surface area (Å²) in [5.41, 5.74) is 10.8. The van der Waals surface area contributed by atoms with Crippen molar-refractivity contribution in [2.75, 3.05) is 51.2 Å². The normalized spacial score (nSPS) is 20.1. The summed E-state index contributed by atoms with van der Waals surface area (Å²) in [7, 11) is 1.64. The number of carbonyl (C=O) groups is 2. The van der Waals surface area contributed by atoms with Crippen molar-refractivity contribution in [1.29, 1.82) is 10.7 Å². The number of amides is 2. The third-order valence-corrected chi connectivity index (χ3v) is 9.47. The van der Waals surface area contributed by atoms with Gasteiger partial charge >= 0.3 is 0 Å². The molecule has 48 heavy (non-hydrogen) atoms. The van der Waals surface area contributed by atoms with E-state index in [1.165, 1.54) is 18.1 Å². The van der Waals surface area contributed by atoms with Crippen LogP contribution in [-0.4, -0.2) is 95.8 Å². The van der Waals surface area contributed by atoms with Crippen LogP contribution >= 0.6 is 0 Å². The molecule has 1 atom stereocenters. The summed E-state index contributed by atoms with van der Waals surface area (Å²) in [6.45, 7) is 5.10. The van der Waals surface area contributed by atoms with Crippen molar-refractivity contribution in [2.24, 2.45) is 21.1 Å². The number of likely N-dealkylation sites (tertiary alicyclic amines) is 1. The Balaban J connectivity index is 1.05. The molecule has 2 aromatic heterocycles. The van der Waals surface area contributed by atoms with Crippen molar-refractivity contribution in [1.82, 2.24) is 19.8 Å². The Morgan fingerprint density at radius 2 is 1.92 bits per heavy atom. The van der Waals surface area contributed by atoms with Gasteiger partial charge in [-0.25, -0.2) is 9.98 Å². The van der Waals surface area contributed by atoms with Gasteiger partial charge in [-0.3, -0.25) is 34.8 Å². The number of pyridine rings is 2. The van der Waals surface area contributed by atoms with E-state index in [0.29, 0.717) is 74.2 Å². The van der Waals surface area contributed by atoms with Crippen molar-refractivity contribution < 1.29 is 9.59 Å². The quantitative estimate of drug-likeness (QED) is 0.281. The molecule has 12 nitrogen and oxygen atoms in total. The van der Waals surface area contributed by atoms with Gasteiger partial charge in [0.2, 0.25) is 11.8 Å². The van der Waals surface area contributed by atoms with E-state index in [1.54, 1.807) is 24.1 Å². The molecular weight excluding hydrogens is 604 g/mol. The summed E-state index contributed by atoms with van der Waals surface area (Å²) in [5, 5.41) is 17.8. The van der Waals surface area contributed by atoms with Gasteiger partial charge in [-0.05, 0) is 67.6 Å². The van der Waals surface area contributed by atoms with Crippen LogP contribution in [0.4, 0.5) is 5.82 Å². The van der Waals surface area contributed by atoms with Crippen molar-refractivity contribution in [3.05, 3.63) is 94.4 Å². The fourth-order valence-electron chi connectivity index (χ4n) is 6.66. The number of aromatic nitrogens is 2. The number of hydrogen-bond acceptors (Lipinski definition) is 8. The van der Waals surface area contributed by atoms with Crippen LogP contribution in [0.1, 0.15) is 52.9 Å². The smallest absolute Gasteiger partial charge is 0.237 e. The SMILES string of the molecule is CN=CN=C(N)c1ccc(C2=CCN(C(=O)CN3CC[C@]4(CCN(c5ccc(C)c(C(=N)c6ccc(C#N)cn6)n5)C4=O)C3)CC2)cc1. The summed E-state index contributed by atoms with van der Waals surface area (Å²) >= 11 is 0. The van der Waals surface area contributed by atoms with Gasteiger partial charge in [-0.15, -0.1) is 0 Å². The number of benzene rings is 1.